The highest BCUT2D eigenvalue weighted by molar-refractivity contribution is 7.97. The van der Waals surface area contributed by atoms with E-state index in [9.17, 15) is 14.4 Å². The molecule has 0 aromatic carbocycles. The van der Waals surface area contributed by atoms with Crippen molar-refractivity contribution < 1.29 is 9.59 Å². The van der Waals surface area contributed by atoms with Crippen LogP contribution in [0.15, 0.2) is 10.9 Å². The Balaban J connectivity index is 1.81. The summed E-state index contributed by atoms with van der Waals surface area (Å²) in [6, 6.07) is 1.20. The first kappa shape index (κ1) is 16.5. The maximum atomic E-state index is 12.0. The number of amides is 2. The maximum Gasteiger partial charge on any atom is 0.270 e. The van der Waals surface area contributed by atoms with Gasteiger partial charge in [0.2, 0.25) is 5.91 Å². The highest BCUT2D eigenvalue weighted by atomic mass is 32.2. The molecule has 120 valence electrons. The van der Waals surface area contributed by atoms with Gasteiger partial charge in [-0.2, -0.15) is 11.8 Å². The van der Waals surface area contributed by atoms with Crippen LogP contribution in [0.25, 0.3) is 0 Å². The van der Waals surface area contributed by atoms with E-state index in [0.717, 1.165) is 13.0 Å². The maximum absolute atomic E-state index is 12.0. The standard InChI is InChI=1S/C14H20N4O3S/c1-22-9-11-16-10(8-12(19)17-11)14(21)15-5-3-7-18-6-2-4-13(18)20/h8H,2-7,9H2,1H3,(H,15,21)(H,16,17,19). The largest absolute Gasteiger partial charge is 0.351 e. The van der Waals surface area contributed by atoms with Crippen LogP contribution in [0.1, 0.15) is 35.6 Å². The Morgan fingerprint density at radius 3 is 3.00 bits per heavy atom. The molecule has 0 saturated carbocycles. The van der Waals surface area contributed by atoms with Gasteiger partial charge in [0, 0.05) is 32.1 Å². The molecule has 1 fully saturated rings. The second-order valence-corrected chi connectivity index (χ2v) is 5.97. The Bertz CT molecular complexity index is 602. The van der Waals surface area contributed by atoms with Crippen LogP contribution in [0, 0.1) is 0 Å². The summed E-state index contributed by atoms with van der Waals surface area (Å²) in [4.78, 5) is 43.5. The molecule has 0 spiro atoms. The van der Waals surface area contributed by atoms with Crippen molar-refractivity contribution in [2.75, 3.05) is 25.9 Å². The zero-order chi connectivity index (χ0) is 15.9. The highest BCUT2D eigenvalue weighted by Crippen LogP contribution is 2.09. The Kier molecular flexibility index (Phi) is 6.00. The third-order valence-corrected chi connectivity index (χ3v) is 3.93. The first-order valence-electron chi connectivity index (χ1n) is 7.25. The van der Waals surface area contributed by atoms with Crippen LogP contribution in [0.2, 0.25) is 0 Å². The van der Waals surface area contributed by atoms with Crippen LogP contribution in [0.4, 0.5) is 0 Å². The molecule has 8 heteroatoms. The molecule has 0 unspecified atom stereocenters. The van der Waals surface area contributed by atoms with Crippen LogP contribution < -0.4 is 10.9 Å². The fourth-order valence-corrected chi connectivity index (χ4v) is 2.74. The topological polar surface area (TPSA) is 95.2 Å². The summed E-state index contributed by atoms with van der Waals surface area (Å²) in [7, 11) is 0. The molecule has 0 atom stereocenters. The number of likely N-dealkylation sites (tertiary alicyclic amines) is 1. The van der Waals surface area contributed by atoms with Crippen LogP contribution in [0.3, 0.4) is 0 Å². The van der Waals surface area contributed by atoms with Gasteiger partial charge in [0.25, 0.3) is 11.5 Å². The van der Waals surface area contributed by atoms with Gasteiger partial charge in [0.1, 0.15) is 11.5 Å². The minimum absolute atomic E-state index is 0.130. The van der Waals surface area contributed by atoms with Gasteiger partial charge in [-0.05, 0) is 19.1 Å². The lowest BCUT2D eigenvalue weighted by Gasteiger charge is -2.15. The minimum Gasteiger partial charge on any atom is -0.351 e. The number of H-pyrrole nitrogens is 1. The number of carbonyl (C=O) groups excluding carboxylic acids is 2. The van der Waals surface area contributed by atoms with E-state index in [4.69, 9.17) is 0 Å². The quantitative estimate of drug-likeness (QED) is 0.707. The summed E-state index contributed by atoms with van der Waals surface area (Å²) in [5.74, 6) is 0.867. The van der Waals surface area contributed by atoms with Crippen molar-refractivity contribution in [3.63, 3.8) is 0 Å². The van der Waals surface area contributed by atoms with Crippen LogP contribution in [-0.2, 0) is 10.5 Å². The van der Waals surface area contributed by atoms with Crippen molar-refractivity contribution in [3.8, 4) is 0 Å². The molecule has 1 aliphatic heterocycles. The van der Waals surface area contributed by atoms with Gasteiger partial charge in [0.05, 0.1) is 5.75 Å². The summed E-state index contributed by atoms with van der Waals surface area (Å²) in [6.07, 6.45) is 4.13. The molecule has 2 heterocycles. The van der Waals surface area contributed by atoms with Crippen LogP contribution in [-0.4, -0.2) is 52.6 Å². The Hall–Kier alpha value is -1.83. The fraction of sp³-hybridized carbons (Fsp3) is 0.571. The lowest BCUT2D eigenvalue weighted by atomic mass is 10.3. The van der Waals surface area contributed by atoms with E-state index < -0.39 is 0 Å². The second kappa shape index (κ2) is 7.98. The molecule has 1 aliphatic rings. The summed E-state index contributed by atoms with van der Waals surface area (Å²) >= 11 is 1.52. The fourth-order valence-electron chi connectivity index (χ4n) is 2.33. The summed E-state index contributed by atoms with van der Waals surface area (Å²) in [5.41, 5.74) is -0.197. The molecule has 1 aromatic heterocycles. The van der Waals surface area contributed by atoms with E-state index in [1.165, 1.54) is 17.8 Å². The average molecular weight is 324 g/mol. The number of thioether (sulfide) groups is 1. The lowest BCUT2D eigenvalue weighted by molar-refractivity contribution is -0.127. The molecule has 7 nitrogen and oxygen atoms in total. The second-order valence-electron chi connectivity index (χ2n) is 5.10. The number of aromatic nitrogens is 2. The van der Waals surface area contributed by atoms with Crippen molar-refractivity contribution in [2.24, 2.45) is 0 Å². The molecular weight excluding hydrogens is 304 g/mol. The summed E-state index contributed by atoms with van der Waals surface area (Å²) in [5, 5.41) is 2.74. The van der Waals surface area contributed by atoms with Gasteiger partial charge in [-0.3, -0.25) is 14.4 Å². The number of hydrogen-bond acceptors (Lipinski definition) is 5. The molecular formula is C14H20N4O3S. The SMILES string of the molecule is CSCc1nc(C(=O)NCCCN2CCCC2=O)cc(=O)[nH]1. The predicted molar refractivity (Wildman–Crippen MR) is 84.8 cm³/mol. The van der Waals surface area contributed by atoms with E-state index >= 15 is 0 Å². The lowest BCUT2D eigenvalue weighted by Crippen LogP contribution is -2.31. The highest BCUT2D eigenvalue weighted by Gasteiger charge is 2.19. The average Bonchev–Trinajstić information content (AvgIpc) is 2.88. The predicted octanol–water partition coefficient (Wildman–Crippen LogP) is 0.375. The van der Waals surface area contributed by atoms with Gasteiger partial charge >= 0.3 is 0 Å². The minimum atomic E-state index is -0.360. The Morgan fingerprint density at radius 1 is 1.50 bits per heavy atom. The van der Waals surface area contributed by atoms with Crippen molar-refractivity contribution in [3.05, 3.63) is 27.9 Å². The van der Waals surface area contributed by atoms with Crippen molar-refractivity contribution in [1.29, 1.82) is 0 Å². The molecule has 0 bridgehead atoms. The molecule has 2 N–H and O–H groups in total. The molecule has 1 aromatic rings. The molecule has 1 saturated heterocycles. The number of carbonyl (C=O) groups is 2. The van der Waals surface area contributed by atoms with E-state index in [0.29, 0.717) is 37.5 Å². The number of aromatic amines is 1. The first-order chi connectivity index (χ1) is 10.6. The van der Waals surface area contributed by atoms with Gasteiger partial charge in [0.15, 0.2) is 0 Å². The number of nitrogens with zero attached hydrogens (tertiary/aromatic N) is 2. The number of hydrogen-bond donors (Lipinski definition) is 2. The summed E-state index contributed by atoms with van der Waals surface area (Å²) in [6.45, 7) is 1.91. The van der Waals surface area contributed by atoms with Gasteiger partial charge in [-0.1, -0.05) is 0 Å². The number of nitrogens with one attached hydrogen (secondary N) is 2. The Labute approximate surface area is 132 Å². The Morgan fingerprint density at radius 2 is 2.32 bits per heavy atom. The number of rotatable bonds is 7. The van der Waals surface area contributed by atoms with E-state index in [1.54, 1.807) is 0 Å². The van der Waals surface area contributed by atoms with E-state index in [2.05, 4.69) is 15.3 Å². The molecule has 0 radical (unpaired) electrons. The third-order valence-electron chi connectivity index (χ3n) is 3.37. The molecule has 22 heavy (non-hydrogen) atoms. The van der Waals surface area contributed by atoms with Gasteiger partial charge < -0.3 is 15.2 Å². The zero-order valence-corrected chi connectivity index (χ0v) is 13.4. The molecule has 2 rings (SSSR count). The van der Waals surface area contributed by atoms with Crippen molar-refractivity contribution in [1.82, 2.24) is 20.2 Å². The molecule has 0 aliphatic carbocycles. The van der Waals surface area contributed by atoms with Gasteiger partial charge in [-0.15, -0.1) is 0 Å². The monoisotopic (exact) mass is 324 g/mol. The third kappa shape index (κ3) is 4.59. The first-order valence-corrected chi connectivity index (χ1v) is 8.64. The summed E-state index contributed by atoms with van der Waals surface area (Å²) < 4.78 is 0. The smallest absolute Gasteiger partial charge is 0.270 e. The van der Waals surface area contributed by atoms with Crippen molar-refractivity contribution in [2.45, 2.75) is 25.0 Å². The van der Waals surface area contributed by atoms with E-state index in [1.807, 2.05) is 11.2 Å². The van der Waals surface area contributed by atoms with Crippen LogP contribution in [0.5, 0.6) is 0 Å². The van der Waals surface area contributed by atoms with Gasteiger partial charge in [-0.25, -0.2) is 4.98 Å². The van der Waals surface area contributed by atoms with Crippen molar-refractivity contribution >= 4 is 23.6 Å². The van der Waals surface area contributed by atoms with E-state index in [-0.39, 0.29) is 23.1 Å². The zero-order valence-electron chi connectivity index (χ0n) is 12.6. The normalized spacial score (nSPS) is 14.4. The molecule has 2 amide bonds. The van der Waals surface area contributed by atoms with Crippen LogP contribution >= 0.6 is 11.8 Å².